The Hall–Kier alpha value is -1.86. The van der Waals surface area contributed by atoms with Gasteiger partial charge in [0.1, 0.15) is 5.58 Å². The maximum atomic E-state index is 12.1. The zero-order valence-electron chi connectivity index (χ0n) is 12.9. The monoisotopic (exact) mass is 324 g/mol. The van der Waals surface area contributed by atoms with Crippen LogP contribution in [0.2, 0.25) is 0 Å². The molecule has 1 amide bonds. The lowest BCUT2D eigenvalue weighted by atomic mass is 10.1. The fourth-order valence-corrected chi connectivity index (χ4v) is 2.60. The van der Waals surface area contributed by atoms with Crippen molar-refractivity contribution in [1.29, 1.82) is 0 Å². The van der Waals surface area contributed by atoms with E-state index in [9.17, 15) is 13.2 Å². The summed E-state index contributed by atoms with van der Waals surface area (Å²) in [4.78, 5) is 12.1. The number of aryl methyl sites for hydroxylation is 1. The smallest absolute Gasteiger partial charge is 0.287 e. The van der Waals surface area contributed by atoms with Gasteiger partial charge in [0.05, 0.1) is 6.26 Å². The largest absolute Gasteiger partial charge is 0.451 e. The van der Waals surface area contributed by atoms with Crippen LogP contribution in [-0.2, 0) is 10.0 Å². The maximum absolute atomic E-state index is 12.1. The molecule has 22 heavy (non-hydrogen) atoms. The summed E-state index contributed by atoms with van der Waals surface area (Å²) in [6, 6.07) is 7.48. The average molecular weight is 324 g/mol. The number of hydrogen-bond donors (Lipinski definition) is 1. The molecule has 0 aliphatic heterocycles. The summed E-state index contributed by atoms with van der Waals surface area (Å²) in [6.45, 7) is 2.59. The predicted molar refractivity (Wildman–Crippen MR) is 85.4 cm³/mol. The number of sulfonamides is 1. The van der Waals surface area contributed by atoms with Gasteiger partial charge in [-0.2, -0.15) is 0 Å². The fourth-order valence-electron chi connectivity index (χ4n) is 2.14. The van der Waals surface area contributed by atoms with Crippen LogP contribution in [0, 0.1) is 6.92 Å². The number of para-hydroxylation sites is 1. The van der Waals surface area contributed by atoms with Crippen LogP contribution in [0.3, 0.4) is 0 Å². The van der Waals surface area contributed by atoms with Crippen LogP contribution in [0.1, 0.15) is 22.5 Å². The molecule has 1 aromatic heterocycles. The van der Waals surface area contributed by atoms with Crippen LogP contribution >= 0.6 is 0 Å². The van der Waals surface area contributed by atoms with Crippen molar-refractivity contribution < 1.29 is 17.6 Å². The molecule has 0 aliphatic rings. The molecule has 0 fully saturated rings. The highest BCUT2D eigenvalue weighted by molar-refractivity contribution is 7.88. The summed E-state index contributed by atoms with van der Waals surface area (Å²) < 4.78 is 29.3. The van der Waals surface area contributed by atoms with Gasteiger partial charge in [0.25, 0.3) is 5.91 Å². The molecular weight excluding hydrogens is 304 g/mol. The first kappa shape index (κ1) is 16.5. The molecule has 1 aromatic carbocycles. The fraction of sp³-hybridized carbons (Fsp3) is 0.400. The second-order valence-corrected chi connectivity index (χ2v) is 7.34. The van der Waals surface area contributed by atoms with E-state index in [0.717, 1.165) is 17.2 Å². The number of benzene rings is 1. The van der Waals surface area contributed by atoms with Crippen LogP contribution in [0.5, 0.6) is 0 Å². The summed E-state index contributed by atoms with van der Waals surface area (Å²) in [7, 11) is -1.66. The Balaban J connectivity index is 1.93. The van der Waals surface area contributed by atoms with Crippen molar-refractivity contribution in [3.05, 3.63) is 35.6 Å². The predicted octanol–water partition coefficient (Wildman–Crippen LogP) is 1.75. The van der Waals surface area contributed by atoms with E-state index in [1.165, 1.54) is 11.4 Å². The van der Waals surface area contributed by atoms with E-state index in [0.29, 0.717) is 30.9 Å². The van der Waals surface area contributed by atoms with Crippen molar-refractivity contribution in [1.82, 2.24) is 9.62 Å². The number of carbonyl (C=O) groups is 1. The Morgan fingerprint density at radius 2 is 2.00 bits per heavy atom. The summed E-state index contributed by atoms with van der Waals surface area (Å²) >= 11 is 0. The third kappa shape index (κ3) is 3.66. The number of nitrogens with zero attached hydrogens (tertiary/aromatic N) is 1. The number of carbonyl (C=O) groups excluding carboxylic acids is 1. The molecule has 2 aromatic rings. The molecule has 0 radical (unpaired) electrons. The lowest BCUT2D eigenvalue weighted by Gasteiger charge is -2.13. The lowest BCUT2D eigenvalue weighted by molar-refractivity contribution is 0.0926. The molecule has 1 heterocycles. The van der Waals surface area contributed by atoms with Gasteiger partial charge in [-0.1, -0.05) is 18.2 Å². The first-order chi connectivity index (χ1) is 10.3. The molecule has 6 nitrogen and oxygen atoms in total. The number of rotatable bonds is 6. The zero-order valence-corrected chi connectivity index (χ0v) is 13.7. The summed E-state index contributed by atoms with van der Waals surface area (Å²) in [5.41, 5.74) is 1.49. The number of nitrogens with one attached hydrogen (secondary N) is 1. The molecule has 0 saturated carbocycles. The van der Waals surface area contributed by atoms with E-state index >= 15 is 0 Å². The van der Waals surface area contributed by atoms with E-state index in [1.54, 1.807) is 0 Å². The number of hydrogen-bond acceptors (Lipinski definition) is 4. The summed E-state index contributed by atoms with van der Waals surface area (Å²) in [5.74, 6) is 0.0216. The molecule has 1 N–H and O–H groups in total. The van der Waals surface area contributed by atoms with E-state index in [1.807, 2.05) is 31.2 Å². The molecule has 2 rings (SSSR count). The second-order valence-electron chi connectivity index (χ2n) is 5.25. The standard InChI is InChI=1S/C15H20N2O4S/c1-11-12-7-4-5-8-13(12)21-14(11)15(18)16-9-6-10-17(2)22(3,19)20/h4-5,7-8H,6,9-10H2,1-3H3,(H,16,18). The summed E-state index contributed by atoms with van der Waals surface area (Å²) in [5, 5.41) is 3.67. The molecule has 0 spiro atoms. The first-order valence-corrected chi connectivity index (χ1v) is 8.83. The summed E-state index contributed by atoms with van der Waals surface area (Å²) in [6.07, 6.45) is 1.69. The SMILES string of the molecule is Cc1c(C(=O)NCCCN(C)S(C)(=O)=O)oc2ccccc12. The van der Waals surface area contributed by atoms with E-state index in [4.69, 9.17) is 4.42 Å². The minimum atomic E-state index is -3.18. The van der Waals surface area contributed by atoms with Gasteiger partial charge in [-0.25, -0.2) is 12.7 Å². The van der Waals surface area contributed by atoms with Crippen LogP contribution in [0.15, 0.2) is 28.7 Å². The highest BCUT2D eigenvalue weighted by Crippen LogP contribution is 2.24. The minimum absolute atomic E-state index is 0.282. The van der Waals surface area contributed by atoms with Gasteiger partial charge in [-0.3, -0.25) is 4.79 Å². The lowest BCUT2D eigenvalue weighted by Crippen LogP contribution is -2.31. The molecule has 7 heteroatoms. The van der Waals surface area contributed by atoms with E-state index < -0.39 is 10.0 Å². The van der Waals surface area contributed by atoms with E-state index in [2.05, 4.69) is 5.32 Å². The van der Waals surface area contributed by atoms with Crippen molar-refractivity contribution >= 4 is 26.9 Å². The van der Waals surface area contributed by atoms with Gasteiger partial charge >= 0.3 is 0 Å². The topological polar surface area (TPSA) is 79.6 Å². The van der Waals surface area contributed by atoms with Gasteiger partial charge in [-0.05, 0) is 19.4 Å². The molecule has 120 valence electrons. The highest BCUT2D eigenvalue weighted by atomic mass is 32.2. The molecule has 0 bridgehead atoms. The molecule has 0 atom stereocenters. The quantitative estimate of drug-likeness (QED) is 0.821. The molecular formula is C15H20N2O4S. The Morgan fingerprint density at radius 3 is 2.64 bits per heavy atom. The second kappa shape index (κ2) is 6.50. The molecule has 0 unspecified atom stereocenters. The van der Waals surface area contributed by atoms with Crippen LogP contribution in [0.25, 0.3) is 11.0 Å². The van der Waals surface area contributed by atoms with Crippen LogP contribution in [-0.4, -0.2) is 45.0 Å². The Bertz CT molecular complexity index is 780. The van der Waals surface area contributed by atoms with Crippen molar-refractivity contribution in [3.63, 3.8) is 0 Å². The van der Waals surface area contributed by atoms with Crippen LogP contribution in [0.4, 0.5) is 0 Å². The Kier molecular flexibility index (Phi) is 4.87. The third-order valence-electron chi connectivity index (χ3n) is 3.55. The van der Waals surface area contributed by atoms with Crippen molar-refractivity contribution in [2.75, 3.05) is 26.4 Å². The third-order valence-corrected chi connectivity index (χ3v) is 4.87. The van der Waals surface area contributed by atoms with Gasteiger partial charge < -0.3 is 9.73 Å². The van der Waals surface area contributed by atoms with Crippen LogP contribution < -0.4 is 5.32 Å². The average Bonchev–Trinajstić information content (AvgIpc) is 2.80. The van der Waals surface area contributed by atoms with Gasteiger partial charge in [0, 0.05) is 31.1 Å². The maximum Gasteiger partial charge on any atom is 0.287 e. The van der Waals surface area contributed by atoms with Gasteiger partial charge in [0.15, 0.2) is 5.76 Å². The van der Waals surface area contributed by atoms with Gasteiger partial charge in [0.2, 0.25) is 10.0 Å². The zero-order chi connectivity index (χ0) is 16.3. The number of fused-ring (bicyclic) bond motifs is 1. The van der Waals surface area contributed by atoms with E-state index in [-0.39, 0.29) is 5.91 Å². The normalized spacial score (nSPS) is 12.0. The molecule has 0 saturated heterocycles. The Labute approximate surface area is 130 Å². The highest BCUT2D eigenvalue weighted by Gasteiger charge is 2.17. The molecule has 0 aliphatic carbocycles. The Morgan fingerprint density at radius 1 is 1.32 bits per heavy atom. The first-order valence-electron chi connectivity index (χ1n) is 6.98. The van der Waals surface area contributed by atoms with Gasteiger partial charge in [-0.15, -0.1) is 0 Å². The van der Waals surface area contributed by atoms with Crippen molar-refractivity contribution in [3.8, 4) is 0 Å². The number of amides is 1. The van der Waals surface area contributed by atoms with Crippen molar-refractivity contribution in [2.45, 2.75) is 13.3 Å². The minimum Gasteiger partial charge on any atom is -0.451 e. The number of furan rings is 1. The van der Waals surface area contributed by atoms with Crippen molar-refractivity contribution in [2.24, 2.45) is 0 Å².